The fourth-order valence-corrected chi connectivity index (χ4v) is 2.73. The monoisotopic (exact) mass is 280 g/mol. The minimum absolute atomic E-state index is 0.0177. The zero-order valence-electron chi connectivity index (χ0n) is 11.6. The van der Waals surface area contributed by atoms with E-state index in [0.717, 1.165) is 32.1 Å². The summed E-state index contributed by atoms with van der Waals surface area (Å²) in [5, 5.41) is 24.0. The number of aliphatic hydroxyl groups excluding tert-OH is 1. The highest BCUT2D eigenvalue weighted by Gasteiger charge is 2.33. The van der Waals surface area contributed by atoms with Gasteiger partial charge in [-0.15, -0.1) is 0 Å². The number of methoxy groups -OCH3 is 1. The topological polar surface area (TPSA) is 84.6 Å². The molecule has 0 heterocycles. The molecule has 1 aromatic carbocycles. The molecule has 0 saturated heterocycles. The van der Waals surface area contributed by atoms with E-state index in [9.17, 15) is 15.2 Å². The first-order chi connectivity index (χ1) is 9.60. The van der Waals surface area contributed by atoms with Gasteiger partial charge in [-0.2, -0.15) is 0 Å². The van der Waals surface area contributed by atoms with Crippen LogP contribution in [-0.4, -0.2) is 29.3 Å². The van der Waals surface area contributed by atoms with Crippen LogP contribution in [0.2, 0.25) is 0 Å². The minimum Gasteiger partial charge on any atom is -0.496 e. The first kappa shape index (κ1) is 14.6. The van der Waals surface area contributed by atoms with Gasteiger partial charge in [-0.05, 0) is 25.0 Å². The molecular weight excluding hydrogens is 260 g/mol. The smallest absolute Gasteiger partial charge is 0.296 e. The van der Waals surface area contributed by atoms with Crippen LogP contribution in [0.25, 0.3) is 0 Å². The van der Waals surface area contributed by atoms with Crippen molar-refractivity contribution in [3.05, 3.63) is 28.3 Å². The van der Waals surface area contributed by atoms with Gasteiger partial charge in [-0.3, -0.25) is 10.1 Å². The molecule has 2 N–H and O–H groups in total. The summed E-state index contributed by atoms with van der Waals surface area (Å²) >= 11 is 0. The van der Waals surface area contributed by atoms with Crippen LogP contribution < -0.4 is 10.1 Å². The van der Waals surface area contributed by atoms with Crippen molar-refractivity contribution < 1.29 is 14.8 Å². The van der Waals surface area contributed by atoms with Gasteiger partial charge in [0, 0.05) is 0 Å². The predicted molar refractivity (Wildman–Crippen MR) is 76.2 cm³/mol. The number of hydrogen-bond acceptors (Lipinski definition) is 5. The molecule has 1 aromatic rings. The maximum atomic E-state index is 11.2. The third kappa shape index (κ3) is 3.01. The van der Waals surface area contributed by atoms with Gasteiger partial charge in [0.1, 0.15) is 11.4 Å². The van der Waals surface area contributed by atoms with E-state index in [1.165, 1.54) is 13.2 Å². The van der Waals surface area contributed by atoms with E-state index in [2.05, 4.69) is 5.32 Å². The van der Waals surface area contributed by atoms with E-state index in [4.69, 9.17) is 4.74 Å². The van der Waals surface area contributed by atoms with Crippen LogP contribution in [0.15, 0.2) is 18.2 Å². The first-order valence-corrected chi connectivity index (χ1v) is 6.82. The molecule has 0 bridgehead atoms. The molecule has 0 spiro atoms. The van der Waals surface area contributed by atoms with Crippen LogP contribution >= 0.6 is 0 Å². The molecular formula is C14H20N2O4. The van der Waals surface area contributed by atoms with Crippen molar-refractivity contribution in [1.29, 1.82) is 0 Å². The van der Waals surface area contributed by atoms with E-state index in [1.54, 1.807) is 12.1 Å². The van der Waals surface area contributed by atoms with Gasteiger partial charge < -0.3 is 15.2 Å². The average molecular weight is 280 g/mol. The quantitative estimate of drug-likeness (QED) is 0.640. The van der Waals surface area contributed by atoms with Gasteiger partial charge in [0.15, 0.2) is 0 Å². The molecule has 0 aromatic heterocycles. The highest BCUT2D eigenvalue weighted by molar-refractivity contribution is 5.65. The zero-order valence-corrected chi connectivity index (χ0v) is 11.6. The number of anilines is 1. The average Bonchev–Trinajstić information content (AvgIpc) is 2.48. The van der Waals surface area contributed by atoms with E-state index >= 15 is 0 Å². The molecule has 1 fully saturated rings. The minimum atomic E-state index is -0.447. The number of nitro benzene ring substituents is 1. The highest BCUT2D eigenvalue weighted by Crippen LogP contribution is 2.36. The summed E-state index contributed by atoms with van der Waals surface area (Å²) in [5.74, 6) is 0.448. The highest BCUT2D eigenvalue weighted by atomic mass is 16.6. The third-order valence-electron chi connectivity index (χ3n) is 3.91. The Labute approximate surface area is 117 Å². The molecule has 1 saturated carbocycles. The first-order valence-electron chi connectivity index (χ1n) is 6.82. The van der Waals surface area contributed by atoms with E-state index in [0.29, 0.717) is 11.4 Å². The molecule has 0 amide bonds. The lowest BCUT2D eigenvalue weighted by atomic mass is 9.82. The van der Waals surface area contributed by atoms with Gasteiger partial charge in [0.25, 0.3) is 5.69 Å². The molecule has 110 valence electrons. The summed E-state index contributed by atoms with van der Waals surface area (Å²) in [7, 11) is 1.47. The van der Waals surface area contributed by atoms with E-state index in [1.807, 2.05) is 0 Å². The summed E-state index contributed by atoms with van der Waals surface area (Å²) in [4.78, 5) is 10.7. The van der Waals surface area contributed by atoms with Crippen molar-refractivity contribution in [1.82, 2.24) is 0 Å². The lowest BCUT2D eigenvalue weighted by Crippen LogP contribution is -2.44. The van der Waals surface area contributed by atoms with Crippen molar-refractivity contribution in [3.63, 3.8) is 0 Å². The fourth-order valence-electron chi connectivity index (χ4n) is 2.73. The second-order valence-corrected chi connectivity index (χ2v) is 5.26. The van der Waals surface area contributed by atoms with Crippen LogP contribution in [0.5, 0.6) is 5.75 Å². The molecule has 0 radical (unpaired) electrons. The number of hydrogen-bond donors (Lipinski definition) is 2. The second kappa shape index (κ2) is 6.09. The van der Waals surface area contributed by atoms with Crippen molar-refractivity contribution >= 4 is 11.4 Å². The van der Waals surface area contributed by atoms with Crippen molar-refractivity contribution in [3.8, 4) is 5.75 Å². The fraction of sp³-hybridized carbons (Fsp3) is 0.571. The van der Waals surface area contributed by atoms with Gasteiger partial charge in [-0.25, -0.2) is 0 Å². The number of aliphatic hydroxyl groups is 1. The van der Waals surface area contributed by atoms with E-state index in [-0.39, 0.29) is 12.3 Å². The summed E-state index contributed by atoms with van der Waals surface area (Å²) in [6.07, 6.45) is 4.85. The lowest BCUT2D eigenvalue weighted by molar-refractivity contribution is -0.384. The molecule has 6 heteroatoms. The number of rotatable bonds is 5. The largest absolute Gasteiger partial charge is 0.496 e. The Hall–Kier alpha value is -1.82. The molecule has 1 aliphatic carbocycles. The lowest BCUT2D eigenvalue weighted by Gasteiger charge is -2.37. The molecule has 1 aliphatic rings. The summed E-state index contributed by atoms with van der Waals surface area (Å²) in [6, 6.07) is 4.72. The number of nitrogens with one attached hydrogen (secondary N) is 1. The van der Waals surface area contributed by atoms with Gasteiger partial charge in [-0.1, -0.05) is 19.3 Å². The van der Waals surface area contributed by atoms with Crippen LogP contribution in [-0.2, 0) is 0 Å². The van der Waals surface area contributed by atoms with Crippen molar-refractivity contribution in [2.75, 3.05) is 19.0 Å². The van der Waals surface area contributed by atoms with Crippen LogP contribution in [0.1, 0.15) is 32.1 Å². The Morgan fingerprint density at radius 3 is 2.65 bits per heavy atom. The maximum absolute atomic E-state index is 11.2. The van der Waals surface area contributed by atoms with Crippen LogP contribution in [0.3, 0.4) is 0 Å². The second-order valence-electron chi connectivity index (χ2n) is 5.26. The molecule has 0 atom stereocenters. The molecule has 20 heavy (non-hydrogen) atoms. The van der Waals surface area contributed by atoms with E-state index < -0.39 is 10.5 Å². The summed E-state index contributed by atoms with van der Waals surface area (Å²) in [6.45, 7) is -0.0177. The zero-order chi connectivity index (χ0) is 14.6. The predicted octanol–water partition coefficient (Wildman–Crippen LogP) is 2.71. The van der Waals surface area contributed by atoms with Crippen molar-refractivity contribution in [2.45, 2.75) is 37.6 Å². The van der Waals surface area contributed by atoms with Gasteiger partial charge in [0.05, 0.1) is 30.2 Å². The molecule has 0 aliphatic heterocycles. The van der Waals surface area contributed by atoms with Crippen LogP contribution in [0.4, 0.5) is 11.4 Å². The Kier molecular flexibility index (Phi) is 4.44. The SMILES string of the molecule is COc1ccc(NC2(CO)CCCCC2)c([N+](=O)[O-])c1. The number of nitrogens with zero attached hydrogens (tertiary/aromatic N) is 1. The number of ether oxygens (including phenoxy) is 1. The number of benzene rings is 1. The Morgan fingerprint density at radius 1 is 1.40 bits per heavy atom. The summed E-state index contributed by atoms with van der Waals surface area (Å²) in [5.41, 5.74) is -0.0353. The van der Waals surface area contributed by atoms with Gasteiger partial charge >= 0.3 is 0 Å². The summed E-state index contributed by atoms with van der Waals surface area (Å²) < 4.78 is 5.02. The molecule has 2 rings (SSSR count). The Morgan fingerprint density at radius 2 is 2.10 bits per heavy atom. The number of nitro groups is 1. The normalized spacial score (nSPS) is 17.5. The molecule has 0 unspecified atom stereocenters. The van der Waals surface area contributed by atoms with Gasteiger partial charge in [0.2, 0.25) is 0 Å². The maximum Gasteiger partial charge on any atom is 0.296 e. The Balaban J connectivity index is 2.29. The van der Waals surface area contributed by atoms with Crippen molar-refractivity contribution in [2.24, 2.45) is 0 Å². The Bertz CT molecular complexity index is 484. The standard InChI is InChI=1S/C14H20N2O4/c1-20-11-5-6-12(13(9-11)16(18)19)15-14(10-17)7-3-2-4-8-14/h5-6,9,15,17H,2-4,7-8,10H2,1H3. The molecule has 6 nitrogen and oxygen atoms in total. The third-order valence-corrected chi connectivity index (χ3v) is 3.91. The van der Waals surface area contributed by atoms with Crippen LogP contribution in [0, 0.1) is 10.1 Å².